The number of hydrogen-bond donors (Lipinski definition) is 3. The monoisotopic (exact) mass is 422 g/mol. The van der Waals surface area contributed by atoms with Gasteiger partial charge in [-0.3, -0.25) is 14.4 Å². The number of aliphatic carboxylic acids is 1. The van der Waals surface area contributed by atoms with Crippen LogP contribution < -0.4 is 10.6 Å². The van der Waals surface area contributed by atoms with Crippen LogP contribution in [0.1, 0.15) is 77.6 Å². The Hall–Kier alpha value is -1.89. The molecule has 0 aromatic rings. The molecule has 2 amide bonds. The van der Waals surface area contributed by atoms with Gasteiger partial charge in [0.15, 0.2) is 0 Å². The first kappa shape index (κ1) is 24.4. The highest BCUT2D eigenvalue weighted by molar-refractivity contribution is 5.84. The second-order valence-electron chi connectivity index (χ2n) is 8.50. The van der Waals surface area contributed by atoms with Gasteiger partial charge in [0.1, 0.15) is 0 Å². The van der Waals surface area contributed by atoms with E-state index in [2.05, 4.69) is 29.7 Å². The summed E-state index contributed by atoms with van der Waals surface area (Å²) in [7, 11) is 0. The van der Waals surface area contributed by atoms with Crippen molar-refractivity contribution in [2.75, 3.05) is 13.1 Å². The van der Waals surface area contributed by atoms with E-state index in [0.717, 1.165) is 51.4 Å². The maximum atomic E-state index is 12.2. The molecule has 0 spiro atoms. The molecule has 2 saturated heterocycles. The summed E-state index contributed by atoms with van der Waals surface area (Å²) in [6.45, 7) is 2.74. The number of ether oxygens (including phenoxy) is 1. The summed E-state index contributed by atoms with van der Waals surface area (Å²) in [6, 6.07) is 0. The molecular formula is C23H38N2O5. The predicted octanol–water partition coefficient (Wildman–Crippen LogP) is 3.18. The number of carbonyl (C=O) groups excluding carboxylic acids is 2. The average Bonchev–Trinajstić information content (AvgIpc) is 3.32. The standard InChI is InChI=1S/C23H38N2O5/c1-2-3-4-8-11-21(26)25-16-22(27)24-15-18-17(19-13-14-20(18)30-19)10-7-5-6-9-12-23(28)29/h5,7,17-20H,2-4,6,8-16H2,1H3,(H,24,27)(H,25,26)(H,28,29)/b7-5-/t17-,18+,19+,20+/m1/s1. The van der Waals surface area contributed by atoms with Crippen molar-refractivity contribution >= 4 is 17.8 Å². The van der Waals surface area contributed by atoms with E-state index in [1.165, 1.54) is 0 Å². The molecule has 0 aliphatic carbocycles. The van der Waals surface area contributed by atoms with Crippen LogP contribution in [-0.2, 0) is 19.1 Å². The quantitative estimate of drug-likeness (QED) is 0.278. The van der Waals surface area contributed by atoms with Crippen molar-refractivity contribution < 1.29 is 24.2 Å². The highest BCUT2D eigenvalue weighted by Crippen LogP contribution is 2.44. The number of rotatable bonds is 15. The van der Waals surface area contributed by atoms with E-state index >= 15 is 0 Å². The van der Waals surface area contributed by atoms with Gasteiger partial charge >= 0.3 is 5.97 Å². The fourth-order valence-corrected chi connectivity index (χ4v) is 4.50. The molecule has 4 atom stereocenters. The van der Waals surface area contributed by atoms with Crippen molar-refractivity contribution in [2.45, 2.75) is 89.8 Å². The Kier molecular flexibility index (Phi) is 10.9. The molecular weight excluding hydrogens is 384 g/mol. The van der Waals surface area contributed by atoms with Gasteiger partial charge < -0.3 is 20.5 Å². The molecule has 2 fully saturated rings. The van der Waals surface area contributed by atoms with E-state index in [-0.39, 0.29) is 37.0 Å². The summed E-state index contributed by atoms with van der Waals surface area (Å²) < 4.78 is 6.07. The van der Waals surface area contributed by atoms with Crippen LogP contribution in [0.4, 0.5) is 0 Å². The number of amides is 2. The summed E-state index contributed by atoms with van der Waals surface area (Å²) in [5.41, 5.74) is 0. The molecule has 170 valence electrons. The van der Waals surface area contributed by atoms with Crippen molar-refractivity contribution in [2.24, 2.45) is 11.8 Å². The summed E-state index contributed by atoms with van der Waals surface area (Å²) in [4.78, 5) is 34.5. The van der Waals surface area contributed by atoms with E-state index in [0.29, 0.717) is 31.2 Å². The molecule has 7 nitrogen and oxygen atoms in total. The van der Waals surface area contributed by atoms with Crippen LogP contribution in [-0.4, -0.2) is 48.2 Å². The summed E-state index contributed by atoms with van der Waals surface area (Å²) in [6.07, 6.45) is 13.9. The number of fused-ring (bicyclic) bond motifs is 2. The third-order valence-electron chi connectivity index (χ3n) is 6.17. The number of carboxylic acids is 1. The van der Waals surface area contributed by atoms with Gasteiger partial charge in [-0.25, -0.2) is 0 Å². The van der Waals surface area contributed by atoms with Gasteiger partial charge in [0.25, 0.3) is 0 Å². The fourth-order valence-electron chi connectivity index (χ4n) is 4.50. The maximum absolute atomic E-state index is 12.2. The minimum Gasteiger partial charge on any atom is -0.481 e. The molecule has 0 aromatic heterocycles. The zero-order valence-corrected chi connectivity index (χ0v) is 18.2. The van der Waals surface area contributed by atoms with Gasteiger partial charge in [-0.2, -0.15) is 0 Å². The van der Waals surface area contributed by atoms with Gasteiger partial charge in [0.2, 0.25) is 11.8 Å². The summed E-state index contributed by atoms with van der Waals surface area (Å²) in [5.74, 6) is -0.291. The van der Waals surface area contributed by atoms with Crippen LogP contribution >= 0.6 is 0 Å². The second-order valence-corrected chi connectivity index (χ2v) is 8.50. The highest BCUT2D eigenvalue weighted by Gasteiger charge is 2.47. The van der Waals surface area contributed by atoms with E-state index in [9.17, 15) is 14.4 Å². The Labute approximate surface area is 180 Å². The molecule has 2 heterocycles. The first-order chi connectivity index (χ1) is 14.5. The lowest BCUT2D eigenvalue weighted by molar-refractivity contribution is -0.137. The minimum absolute atomic E-state index is 0.0302. The Morgan fingerprint density at radius 3 is 2.43 bits per heavy atom. The Balaban J connectivity index is 1.66. The molecule has 2 bridgehead atoms. The average molecular weight is 423 g/mol. The smallest absolute Gasteiger partial charge is 0.303 e. The van der Waals surface area contributed by atoms with E-state index < -0.39 is 5.97 Å². The zero-order valence-electron chi connectivity index (χ0n) is 18.2. The number of allylic oxidation sites excluding steroid dienone is 2. The third kappa shape index (κ3) is 8.46. The fraction of sp³-hybridized carbons (Fsp3) is 0.783. The van der Waals surface area contributed by atoms with Crippen LogP contribution in [0.3, 0.4) is 0 Å². The SMILES string of the molecule is CCCCCCC(=O)NCC(=O)NC[C@H]1[C@@H](C/C=C\CCCC(=O)O)[C@@H]2CC[C@@H]1O2. The molecule has 7 heteroatoms. The Morgan fingerprint density at radius 1 is 0.933 bits per heavy atom. The van der Waals surface area contributed by atoms with Gasteiger partial charge in [0.05, 0.1) is 18.8 Å². The first-order valence-electron chi connectivity index (χ1n) is 11.6. The number of carbonyl (C=O) groups is 3. The van der Waals surface area contributed by atoms with Gasteiger partial charge in [-0.1, -0.05) is 38.3 Å². The van der Waals surface area contributed by atoms with Gasteiger partial charge in [-0.15, -0.1) is 0 Å². The third-order valence-corrected chi connectivity index (χ3v) is 6.17. The first-order valence-corrected chi connectivity index (χ1v) is 11.6. The number of unbranched alkanes of at least 4 members (excludes halogenated alkanes) is 4. The highest BCUT2D eigenvalue weighted by atomic mass is 16.5. The molecule has 0 unspecified atom stereocenters. The lowest BCUT2D eigenvalue weighted by Crippen LogP contribution is -2.42. The summed E-state index contributed by atoms with van der Waals surface area (Å²) in [5, 5.41) is 14.4. The van der Waals surface area contributed by atoms with Crippen LogP contribution in [0.25, 0.3) is 0 Å². The molecule has 0 radical (unpaired) electrons. The summed E-state index contributed by atoms with van der Waals surface area (Å²) >= 11 is 0. The van der Waals surface area contributed by atoms with E-state index in [1.54, 1.807) is 0 Å². The van der Waals surface area contributed by atoms with Crippen molar-refractivity contribution in [1.29, 1.82) is 0 Å². The van der Waals surface area contributed by atoms with Crippen molar-refractivity contribution in [1.82, 2.24) is 10.6 Å². The predicted molar refractivity (Wildman–Crippen MR) is 115 cm³/mol. The lowest BCUT2D eigenvalue weighted by atomic mass is 9.77. The van der Waals surface area contributed by atoms with Crippen molar-refractivity contribution in [3.8, 4) is 0 Å². The van der Waals surface area contributed by atoms with E-state index in [4.69, 9.17) is 9.84 Å². The number of carboxylic acid groups (broad SMARTS) is 1. The Morgan fingerprint density at radius 2 is 1.70 bits per heavy atom. The van der Waals surface area contributed by atoms with Crippen LogP contribution in [0.5, 0.6) is 0 Å². The Bertz CT molecular complexity index is 592. The normalized spacial score (nSPS) is 25.0. The van der Waals surface area contributed by atoms with Crippen LogP contribution in [0.15, 0.2) is 12.2 Å². The maximum Gasteiger partial charge on any atom is 0.303 e. The van der Waals surface area contributed by atoms with Crippen LogP contribution in [0.2, 0.25) is 0 Å². The molecule has 0 saturated carbocycles. The van der Waals surface area contributed by atoms with E-state index in [1.807, 2.05) is 0 Å². The van der Waals surface area contributed by atoms with Gasteiger partial charge in [-0.05, 0) is 44.4 Å². The number of hydrogen-bond acceptors (Lipinski definition) is 4. The largest absolute Gasteiger partial charge is 0.481 e. The molecule has 30 heavy (non-hydrogen) atoms. The zero-order chi connectivity index (χ0) is 21.8. The molecule has 0 aromatic carbocycles. The van der Waals surface area contributed by atoms with Crippen molar-refractivity contribution in [3.63, 3.8) is 0 Å². The number of nitrogens with one attached hydrogen (secondary N) is 2. The second kappa shape index (κ2) is 13.4. The molecule has 2 aliphatic heterocycles. The van der Waals surface area contributed by atoms with Gasteiger partial charge in [0, 0.05) is 25.3 Å². The van der Waals surface area contributed by atoms with Crippen molar-refractivity contribution in [3.05, 3.63) is 12.2 Å². The minimum atomic E-state index is -0.756. The lowest BCUT2D eigenvalue weighted by Gasteiger charge is -2.27. The molecule has 2 aliphatic rings. The van der Waals surface area contributed by atoms with Crippen LogP contribution in [0, 0.1) is 11.8 Å². The molecule has 3 N–H and O–H groups in total. The topological polar surface area (TPSA) is 105 Å². The molecule has 2 rings (SSSR count).